The van der Waals surface area contributed by atoms with Crippen molar-refractivity contribution in [2.24, 2.45) is 0 Å². The number of nitrogen functional groups attached to an aromatic ring is 1. The summed E-state index contributed by atoms with van der Waals surface area (Å²) in [7, 11) is 0. The normalized spacial score (nSPS) is 13.1. The molecule has 3 N–H and O–H groups in total. The maximum atomic E-state index is 13.9. The minimum atomic E-state index is -0.525. The Hall–Kier alpha value is -2.14. The summed E-state index contributed by atoms with van der Waals surface area (Å²) in [4.78, 5) is 0. The molecule has 0 bridgehead atoms. The molecule has 0 saturated carbocycles. The van der Waals surface area contributed by atoms with E-state index in [-0.39, 0.29) is 10.7 Å². The first-order chi connectivity index (χ1) is 9.65. The molecule has 0 aromatic heterocycles. The van der Waals surface area contributed by atoms with Crippen LogP contribution in [0.15, 0.2) is 30.3 Å². The summed E-state index contributed by atoms with van der Waals surface area (Å²) in [6.07, 6.45) is 0. The standard InChI is InChI=1S/C14H12ClFN2O2/c15-8-2-1-3-10(14(8)16)18-11-7-13-12(6-9(11)17)19-4-5-20-13/h1-3,6-7,18H,4-5,17H2. The van der Waals surface area contributed by atoms with Crippen LogP contribution in [0.5, 0.6) is 11.5 Å². The summed E-state index contributed by atoms with van der Waals surface area (Å²) < 4.78 is 24.8. The van der Waals surface area contributed by atoms with Crippen LogP contribution in [0.2, 0.25) is 5.02 Å². The molecule has 2 aromatic carbocycles. The van der Waals surface area contributed by atoms with Crippen molar-refractivity contribution < 1.29 is 13.9 Å². The van der Waals surface area contributed by atoms with Crippen molar-refractivity contribution in [1.82, 2.24) is 0 Å². The molecule has 1 aliphatic rings. The molecule has 20 heavy (non-hydrogen) atoms. The Labute approximate surface area is 120 Å². The number of benzene rings is 2. The summed E-state index contributed by atoms with van der Waals surface area (Å²) in [6.45, 7) is 0.962. The van der Waals surface area contributed by atoms with Gasteiger partial charge in [-0.05, 0) is 12.1 Å². The minimum Gasteiger partial charge on any atom is -0.486 e. The van der Waals surface area contributed by atoms with Crippen LogP contribution in [-0.4, -0.2) is 13.2 Å². The number of fused-ring (bicyclic) bond motifs is 1. The van der Waals surface area contributed by atoms with Crippen LogP contribution in [0.25, 0.3) is 0 Å². The van der Waals surface area contributed by atoms with Crippen LogP contribution < -0.4 is 20.5 Å². The Kier molecular flexibility index (Phi) is 3.28. The molecule has 6 heteroatoms. The number of anilines is 3. The van der Waals surface area contributed by atoms with E-state index in [0.717, 1.165) is 0 Å². The van der Waals surface area contributed by atoms with Gasteiger partial charge in [0.1, 0.15) is 13.2 Å². The van der Waals surface area contributed by atoms with E-state index in [2.05, 4.69) is 5.32 Å². The van der Waals surface area contributed by atoms with E-state index in [1.54, 1.807) is 24.3 Å². The van der Waals surface area contributed by atoms with Crippen LogP contribution in [0, 0.1) is 5.82 Å². The first-order valence-corrected chi connectivity index (χ1v) is 6.43. The maximum Gasteiger partial charge on any atom is 0.165 e. The number of hydrogen-bond acceptors (Lipinski definition) is 4. The first-order valence-electron chi connectivity index (χ1n) is 6.05. The molecular weight excluding hydrogens is 283 g/mol. The van der Waals surface area contributed by atoms with Crippen molar-refractivity contribution in [3.05, 3.63) is 41.2 Å². The smallest absolute Gasteiger partial charge is 0.165 e. The molecule has 0 aliphatic carbocycles. The van der Waals surface area contributed by atoms with Crippen molar-refractivity contribution in [2.75, 3.05) is 24.3 Å². The van der Waals surface area contributed by atoms with E-state index in [1.807, 2.05) is 0 Å². The summed E-state index contributed by atoms with van der Waals surface area (Å²) in [5.74, 6) is 0.643. The summed E-state index contributed by atoms with van der Waals surface area (Å²) in [5, 5.41) is 2.96. The number of hydrogen-bond donors (Lipinski definition) is 2. The fourth-order valence-electron chi connectivity index (χ4n) is 1.96. The van der Waals surface area contributed by atoms with Crippen LogP contribution in [-0.2, 0) is 0 Å². The van der Waals surface area contributed by atoms with E-state index in [9.17, 15) is 4.39 Å². The second kappa shape index (κ2) is 5.09. The zero-order valence-corrected chi connectivity index (χ0v) is 11.2. The third-order valence-corrected chi connectivity index (χ3v) is 3.23. The van der Waals surface area contributed by atoms with Gasteiger partial charge in [-0.2, -0.15) is 0 Å². The van der Waals surface area contributed by atoms with Gasteiger partial charge in [0.2, 0.25) is 0 Å². The van der Waals surface area contributed by atoms with E-state index in [1.165, 1.54) is 6.07 Å². The van der Waals surface area contributed by atoms with Crippen molar-refractivity contribution >= 4 is 28.7 Å². The van der Waals surface area contributed by atoms with Gasteiger partial charge in [0.05, 0.1) is 22.1 Å². The molecule has 2 aromatic rings. The monoisotopic (exact) mass is 294 g/mol. The third-order valence-electron chi connectivity index (χ3n) is 2.94. The maximum absolute atomic E-state index is 13.9. The predicted octanol–water partition coefficient (Wildman–Crippen LogP) is 3.58. The van der Waals surface area contributed by atoms with E-state index < -0.39 is 5.82 Å². The van der Waals surface area contributed by atoms with Crippen LogP contribution in [0.1, 0.15) is 0 Å². The molecule has 4 nitrogen and oxygen atoms in total. The molecule has 1 heterocycles. The van der Waals surface area contributed by atoms with Gasteiger partial charge in [-0.1, -0.05) is 17.7 Å². The fourth-order valence-corrected chi connectivity index (χ4v) is 2.13. The number of halogens is 2. The van der Waals surface area contributed by atoms with Gasteiger partial charge in [-0.15, -0.1) is 0 Å². The van der Waals surface area contributed by atoms with Gasteiger partial charge in [-0.3, -0.25) is 0 Å². The molecule has 3 rings (SSSR count). The minimum absolute atomic E-state index is 0.0473. The van der Waals surface area contributed by atoms with E-state index in [4.69, 9.17) is 26.8 Å². The van der Waals surface area contributed by atoms with Gasteiger partial charge in [0.25, 0.3) is 0 Å². The Morgan fingerprint density at radius 1 is 1.10 bits per heavy atom. The molecule has 104 valence electrons. The summed E-state index contributed by atoms with van der Waals surface area (Å²) >= 11 is 5.74. The molecule has 1 aliphatic heterocycles. The van der Waals surface area contributed by atoms with Crippen LogP contribution in [0.4, 0.5) is 21.5 Å². The predicted molar refractivity (Wildman–Crippen MR) is 76.5 cm³/mol. The first kappa shape index (κ1) is 12.9. The number of rotatable bonds is 2. The van der Waals surface area contributed by atoms with E-state index in [0.29, 0.717) is 36.1 Å². The topological polar surface area (TPSA) is 56.5 Å². The van der Waals surface area contributed by atoms with Crippen molar-refractivity contribution in [2.45, 2.75) is 0 Å². The molecule has 0 saturated heterocycles. The van der Waals surface area contributed by atoms with Crippen molar-refractivity contribution in [3.63, 3.8) is 0 Å². The zero-order valence-electron chi connectivity index (χ0n) is 10.5. The lowest BCUT2D eigenvalue weighted by molar-refractivity contribution is 0.172. The Morgan fingerprint density at radius 2 is 1.80 bits per heavy atom. The average Bonchev–Trinajstić information content (AvgIpc) is 2.44. The second-order valence-electron chi connectivity index (χ2n) is 4.31. The Bertz CT molecular complexity index is 664. The molecule has 0 amide bonds. The third kappa shape index (κ3) is 2.32. The molecule has 0 unspecified atom stereocenters. The second-order valence-corrected chi connectivity index (χ2v) is 4.72. The van der Waals surface area contributed by atoms with Gasteiger partial charge in [0.15, 0.2) is 17.3 Å². The summed E-state index contributed by atoms with van der Waals surface area (Å²) in [5.41, 5.74) is 7.15. The Morgan fingerprint density at radius 3 is 2.55 bits per heavy atom. The number of nitrogens with one attached hydrogen (secondary N) is 1. The molecule has 0 fully saturated rings. The molecule has 0 spiro atoms. The van der Waals surface area contributed by atoms with Crippen LogP contribution in [0.3, 0.4) is 0 Å². The highest BCUT2D eigenvalue weighted by molar-refractivity contribution is 6.31. The number of nitrogens with two attached hydrogens (primary N) is 1. The highest BCUT2D eigenvalue weighted by atomic mass is 35.5. The summed E-state index contributed by atoms with van der Waals surface area (Å²) in [6, 6.07) is 8.05. The van der Waals surface area contributed by atoms with Crippen molar-refractivity contribution in [3.8, 4) is 11.5 Å². The van der Waals surface area contributed by atoms with E-state index >= 15 is 0 Å². The van der Waals surface area contributed by atoms with Gasteiger partial charge >= 0.3 is 0 Å². The average molecular weight is 295 g/mol. The number of ether oxygens (including phenoxy) is 2. The lowest BCUT2D eigenvalue weighted by atomic mass is 10.2. The fraction of sp³-hybridized carbons (Fsp3) is 0.143. The Balaban J connectivity index is 1.96. The highest BCUT2D eigenvalue weighted by Gasteiger charge is 2.16. The lowest BCUT2D eigenvalue weighted by Gasteiger charge is -2.20. The largest absolute Gasteiger partial charge is 0.486 e. The molecule has 0 radical (unpaired) electrons. The van der Waals surface area contributed by atoms with Gasteiger partial charge in [0, 0.05) is 12.1 Å². The lowest BCUT2D eigenvalue weighted by Crippen LogP contribution is -2.15. The highest BCUT2D eigenvalue weighted by Crippen LogP contribution is 2.38. The van der Waals surface area contributed by atoms with Gasteiger partial charge in [-0.25, -0.2) is 4.39 Å². The quantitative estimate of drug-likeness (QED) is 0.831. The molecular formula is C14H12ClFN2O2. The molecule has 0 atom stereocenters. The zero-order chi connectivity index (χ0) is 14.1. The van der Waals surface area contributed by atoms with Gasteiger partial charge < -0.3 is 20.5 Å². The SMILES string of the molecule is Nc1cc2c(cc1Nc1cccc(Cl)c1F)OCCO2. The van der Waals surface area contributed by atoms with Crippen molar-refractivity contribution in [1.29, 1.82) is 0 Å². The van der Waals surface area contributed by atoms with Crippen LogP contribution >= 0.6 is 11.6 Å².